The highest BCUT2D eigenvalue weighted by atomic mass is 16.2. The molecule has 31 heavy (non-hydrogen) atoms. The molecule has 0 saturated carbocycles. The maximum atomic E-state index is 12.4. The molecule has 0 radical (unpaired) electrons. The zero-order valence-corrected chi connectivity index (χ0v) is 18.4. The van der Waals surface area contributed by atoms with Crippen LogP contribution in [-0.4, -0.2) is 36.7 Å². The van der Waals surface area contributed by atoms with Gasteiger partial charge in [0.1, 0.15) is 0 Å². The van der Waals surface area contributed by atoms with E-state index in [0.29, 0.717) is 11.3 Å². The lowest BCUT2D eigenvalue weighted by atomic mass is 10.2. The van der Waals surface area contributed by atoms with Crippen LogP contribution in [0.2, 0.25) is 0 Å². The average molecular weight is 418 g/mol. The van der Waals surface area contributed by atoms with E-state index >= 15 is 0 Å². The van der Waals surface area contributed by atoms with Crippen molar-refractivity contribution in [3.63, 3.8) is 0 Å². The number of benzene rings is 2. The van der Waals surface area contributed by atoms with Gasteiger partial charge in [-0.15, -0.1) is 0 Å². The Balaban J connectivity index is 1.74. The van der Waals surface area contributed by atoms with E-state index in [1.165, 1.54) is 6.92 Å². The Morgan fingerprint density at radius 1 is 1.03 bits per heavy atom. The van der Waals surface area contributed by atoms with Gasteiger partial charge in [-0.25, -0.2) is 5.43 Å². The topological polar surface area (TPSA) is 78.7 Å². The Morgan fingerprint density at radius 3 is 2.39 bits per heavy atom. The molecule has 7 nitrogen and oxygen atoms in total. The first-order chi connectivity index (χ1) is 14.8. The SMILES string of the molecule is CC(=O)Nc1cccc(C(=O)N/N=C/c2cc(C)n(-c3ccc(N(C)C)cc3)c2C)c1. The van der Waals surface area contributed by atoms with Gasteiger partial charge in [0.25, 0.3) is 5.91 Å². The minimum atomic E-state index is -0.350. The fraction of sp³-hybridized carbons (Fsp3) is 0.208. The van der Waals surface area contributed by atoms with Crippen LogP contribution in [0.5, 0.6) is 0 Å². The van der Waals surface area contributed by atoms with Crippen LogP contribution in [0.15, 0.2) is 59.7 Å². The first kappa shape index (κ1) is 21.8. The number of nitrogens with zero attached hydrogens (tertiary/aromatic N) is 3. The monoisotopic (exact) mass is 417 g/mol. The van der Waals surface area contributed by atoms with Gasteiger partial charge in [0.2, 0.25) is 5.91 Å². The molecule has 0 aliphatic heterocycles. The third kappa shape index (κ3) is 5.19. The van der Waals surface area contributed by atoms with Crippen LogP contribution >= 0.6 is 0 Å². The number of hydrogen-bond donors (Lipinski definition) is 2. The van der Waals surface area contributed by atoms with Gasteiger partial charge in [-0.1, -0.05) is 6.07 Å². The summed E-state index contributed by atoms with van der Waals surface area (Å²) in [6.07, 6.45) is 1.64. The number of hydrazone groups is 1. The van der Waals surface area contributed by atoms with Crippen LogP contribution in [0.25, 0.3) is 5.69 Å². The largest absolute Gasteiger partial charge is 0.378 e. The van der Waals surface area contributed by atoms with E-state index in [2.05, 4.69) is 49.6 Å². The molecule has 160 valence electrons. The maximum absolute atomic E-state index is 12.4. The second kappa shape index (κ2) is 9.30. The molecule has 0 aliphatic carbocycles. The van der Waals surface area contributed by atoms with Gasteiger partial charge < -0.3 is 14.8 Å². The van der Waals surface area contributed by atoms with Crippen LogP contribution in [0.1, 0.15) is 34.2 Å². The Bertz CT molecular complexity index is 1130. The second-order valence-electron chi connectivity index (χ2n) is 7.53. The standard InChI is InChI=1S/C24H27N5O2/c1-16-13-20(17(2)29(16)23-11-9-22(10-12-23)28(4)5)15-25-27-24(31)19-7-6-8-21(14-19)26-18(3)30/h6-15H,1-5H3,(H,26,30)(H,27,31)/b25-15+. The second-order valence-corrected chi connectivity index (χ2v) is 7.53. The molecule has 7 heteroatoms. The number of nitrogens with one attached hydrogen (secondary N) is 2. The third-order valence-electron chi connectivity index (χ3n) is 4.91. The minimum Gasteiger partial charge on any atom is -0.378 e. The normalized spacial score (nSPS) is 10.9. The summed E-state index contributed by atoms with van der Waals surface area (Å²) in [5, 5.41) is 6.78. The molecule has 2 N–H and O–H groups in total. The Hall–Kier alpha value is -3.87. The highest BCUT2D eigenvalue weighted by Gasteiger charge is 2.10. The summed E-state index contributed by atoms with van der Waals surface area (Å²) < 4.78 is 2.15. The average Bonchev–Trinajstić information content (AvgIpc) is 3.01. The van der Waals surface area contributed by atoms with Crippen molar-refractivity contribution < 1.29 is 9.59 Å². The van der Waals surface area contributed by atoms with Crippen LogP contribution in [0.3, 0.4) is 0 Å². The Kier molecular flexibility index (Phi) is 6.55. The van der Waals surface area contributed by atoms with E-state index in [-0.39, 0.29) is 11.8 Å². The molecule has 3 rings (SSSR count). The predicted octanol–water partition coefficient (Wildman–Crippen LogP) is 3.88. The lowest BCUT2D eigenvalue weighted by Crippen LogP contribution is -2.18. The summed E-state index contributed by atoms with van der Waals surface area (Å²) in [6, 6.07) is 17.1. The van der Waals surface area contributed by atoms with Gasteiger partial charge in [0, 0.05) is 60.6 Å². The van der Waals surface area contributed by atoms with E-state index in [9.17, 15) is 9.59 Å². The Labute approximate surface area is 182 Å². The zero-order valence-electron chi connectivity index (χ0n) is 18.4. The van der Waals surface area contributed by atoms with Crippen molar-refractivity contribution in [2.45, 2.75) is 20.8 Å². The first-order valence-corrected chi connectivity index (χ1v) is 9.94. The number of aryl methyl sites for hydroxylation is 1. The van der Waals surface area contributed by atoms with E-state index < -0.39 is 0 Å². The van der Waals surface area contributed by atoms with Crippen molar-refractivity contribution in [2.24, 2.45) is 5.10 Å². The van der Waals surface area contributed by atoms with Crippen molar-refractivity contribution in [3.05, 3.63) is 77.1 Å². The summed E-state index contributed by atoms with van der Waals surface area (Å²) >= 11 is 0. The van der Waals surface area contributed by atoms with Gasteiger partial charge in [-0.05, 0) is 62.4 Å². The minimum absolute atomic E-state index is 0.192. The summed E-state index contributed by atoms with van der Waals surface area (Å²) in [7, 11) is 4.03. The van der Waals surface area contributed by atoms with Crippen LogP contribution in [-0.2, 0) is 4.79 Å². The van der Waals surface area contributed by atoms with Gasteiger partial charge in [-0.2, -0.15) is 5.10 Å². The summed E-state index contributed by atoms with van der Waals surface area (Å²) in [5.41, 5.74) is 8.75. The fourth-order valence-corrected chi connectivity index (χ4v) is 3.38. The number of amides is 2. The van der Waals surface area contributed by atoms with Crippen molar-refractivity contribution >= 4 is 29.4 Å². The molecule has 1 aromatic heterocycles. The summed E-state index contributed by atoms with van der Waals surface area (Å²) in [5.74, 6) is -0.543. The van der Waals surface area contributed by atoms with Crippen molar-refractivity contribution in [1.82, 2.24) is 9.99 Å². The van der Waals surface area contributed by atoms with Crippen molar-refractivity contribution in [1.29, 1.82) is 0 Å². The number of anilines is 2. The van der Waals surface area contributed by atoms with Crippen LogP contribution in [0, 0.1) is 13.8 Å². The van der Waals surface area contributed by atoms with Crippen molar-refractivity contribution in [3.8, 4) is 5.69 Å². The lowest BCUT2D eigenvalue weighted by molar-refractivity contribution is -0.114. The van der Waals surface area contributed by atoms with E-state index in [1.807, 2.05) is 34.0 Å². The van der Waals surface area contributed by atoms with Gasteiger partial charge in [-0.3, -0.25) is 9.59 Å². The highest BCUT2D eigenvalue weighted by Crippen LogP contribution is 2.22. The third-order valence-corrected chi connectivity index (χ3v) is 4.91. The molecule has 0 saturated heterocycles. The molecule has 3 aromatic rings. The maximum Gasteiger partial charge on any atom is 0.271 e. The molecular weight excluding hydrogens is 390 g/mol. The van der Waals surface area contributed by atoms with Crippen LogP contribution < -0.4 is 15.6 Å². The quantitative estimate of drug-likeness (QED) is 0.472. The number of carbonyl (C=O) groups excluding carboxylic acids is 2. The molecule has 0 bridgehead atoms. The van der Waals surface area contributed by atoms with Gasteiger partial charge in [0.05, 0.1) is 6.21 Å². The summed E-state index contributed by atoms with van der Waals surface area (Å²) in [4.78, 5) is 25.6. The Morgan fingerprint density at radius 2 is 1.74 bits per heavy atom. The predicted molar refractivity (Wildman–Crippen MR) is 125 cm³/mol. The first-order valence-electron chi connectivity index (χ1n) is 9.94. The van der Waals surface area contributed by atoms with Crippen molar-refractivity contribution in [2.75, 3.05) is 24.3 Å². The van der Waals surface area contributed by atoms with E-state index in [4.69, 9.17) is 0 Å². The molecule has 0 aliphatic rings. The molecule has 0 unspecified atom stereocenters. The molecule has 2 amide bonds. The number of hydrogen-bond acceptors (Lipinski definition) is 4. The number of aromatic nitrogens is 1. The smallest absolute Gasteiger partial charge is 0.271 e. The molecular formula is C24H27N5O2. The van der Waals surface area contributed by atoms with Gasteiger partial charge in [0.15, 0.2) is 0 Å². The fourth-order valence-electron chi connectivity index (χ4n) is 3.38. The molecule has 1 heterocycles. The van der Waals surface area contributed by atoms with Gasteiger partial charge >= 0.3 is 0 Å². The van der Waals surface area contributed by atoms with Crippen LogP contribution in [0.4, 0.5) is 11.4 Å². The molecule has 0 atom stereocenters. The lowest BCUT2D eigenvalue weighted by Gasteiger charge is -2.14. The highest BCUT2D eigenvalue weighted by molar-refractivity contribution is 5.97. The van der Waals surface area contributed by atoms with E-state index in [1.54, 1.807) is 30.5 Å². The molecule has 0 spiro atoms. The number of carbonyl (C=O) groups is 2. The van der Waals surface area contributed by atoms with E-state index in [0.717, 1.165) is 28.3 Å². The number of rotatable bonds is 6. The molecule has 0 fully saturated rings. The summed E-state index contributed by atoms with van der Waals surface area (Å²) in [6.45, 7) is 5.48. The zero-order chi connectivity index (χ0) is 22.5. The molecule has 2 aromatic carbocycles.